The van der Waals surface area contributed by atoms with Crippen LogP contribution in [0.5, 0.6) is 5.75 Å². The molecule has 0 aliphatic rings. The second-order valence-corrected chi connectivity index (χ2v) is 4.82. The van der Waals surface area contributed by atoms with Gasteiger partial charge in [-0.05, 0) is 49.4 Å². The van der Waals surface area contributed by atoms with Gasteiger partial charge in [-0.1, -0.05) is 13.8 Å². The first-order valence-corrected chi connectivity index (χ1v) is 6.43. The number of ether oxygens (including phenoxy) is 1. The Kier molecular flexibility index (Phi) is 5.83. The summed E-state index contributed by atoms with van der Waals surface area (Å²) in [4.78, 5) is 11.1. The Morgan fingerprint density at radius 3 is 2.78 bits per heavy atom. The van der Waals surface area contributed by atoms with Crippen LogP contribution in [0, 0.1) is 11.7 Å². The first-order chi connectivity index (χ1) is 8.52. The predicted molar refractivity (Wildman–Crippen MR) is 70.4 cm³/mol. The number of carbonyl (C=O) groups excluding carboxylic acids is 1. The van der Waals surface area contributed by atoms with E-state index < -0.39 is 0 Å². The molecule has 0 amide bonds. The zero-order chi connectivity index (χ0) is 13.5. The van der Waals surface area contributed by atoms with Gasteiger partial charge in [-0.2, -0.15) is 0 Å². The van der Waals surface area contributed by atoms with E-state index in [0.29, 0.717) is 19.4 Å². The van der Waals surface area contributed by atoms with Gasteiger partial charge in [0.1, 0.15) is 17.3 Å². The molecule has 0 bridgehead atoms. The molecule has 0 saturated heterocycles. The number of rotatable bonds is 7. The van der Waals surface area contributed by atoms with Crippen LogP contribution in [0.1, 0.15) is 39.2 Å². The van der Waals surface area contributed by atoms with Gasteiger partial charge in [0.05, 0.1) is 6.61 Å². The summed E-state index contributed by atoms with van der Waals surface area (Å²) in [6.45, 7) is 6.23. The third kappa shape index (κ3) is 4.86. The van der Waals surface area contributed by atoms with Gasteiger partial charge < -0.3 is 9.53 Å². The van der Waals surface area contributed by atoms with E-state index in [4.69, 9.17) is 4.74 Å². The standard InChI is InChI=1S/C15H21FO2/c1-4-7-18-15-6-5-14(16)10-13(15)9-11(2)8-12(3)17/h5-6,10-11H,4,7-9H2,1-3H3. The van der Waals surface area contributed by atoms with Crippen LogP contribution in [0.15, 0.2) is 18.2 Å². The average molecular weight is 252 g/mol. The Hall–Kier alpha value is -1.38. The lowest BCUT2D eigenvalue weighted by Gasteiger charge is -2.14. The summed E-state index contributed by atoms with van der Waals surface area (Å²) in [6, 6.07) is 4.58. The fourth-order valence-corrected chi connectivity index (χ4v) is 2.00. The lowest BCUT2D eigenvalue weighted by molar-refractivity contribution is -0.117. The van der Waals surface area contributed by atoms with Crippen LogP contribution >= 0.6 is 0 Å². The molecule has 0 aliphatic heterocycles. The lowest BCUT2D eigenvalue weighted by atomic mass is 9.96. The van der Waals surface area contributed by atoms with E-state index in [-0.39, 0.29) is 17.5 Å². The van der Waals surface area contributed by atoms with E-state index in [1.54, 1.807) is 13.0 Å². The Bertz CT molecular complexity index is 401. The lowest BCUT2D eigenvalue weighted by Crippen LogP contribution is -2.07. The summed E-state index contributed by atoms with van der Waals surface area (Å²) >= 11 is 0. The quantitative estimate of drug-likeness (QED) is 0.738. The third-order valence-electron chi connectivity index (χ3n) is 2.69. The van der Waals surface area contributed by atoms with Crippen molar-refractivity contribution in [2.75, 3.05) is 6.61 Å². The Labute approximate surface area is 108 Å². The second-order valence-electron chi connectivity index (χ2n) is 4.82. The first kappa shape index (κ1) is 14.7. The van der Waals surface area contributed by atoms with Crippen molar-refractivity contribution in [3.63, 3.8) is 0 Å². The zero-order valence-corrected chi connectivity index (χ0v) is 11.3. The van der Waals surface area contributed by atoms with Crippen molar-refractivity contribution in [3.05, 3.63) is 29.6 Å². The van der Waals surface area contributed by atoms with Gasteiger partial charge in [-0.25, -0.2) is 4.39 Å². The maximum absolute atomic E-state index is 13.3. The molecular weight excluding hydrogens is 231 g/mol. The van der Waals surface area contributed by atoms with Gasteiger partial charge in [0.15, 0.2) is 0 Å². The van der Waals surface area contributed by atoms with Gasteiger partial charge in [-0.3, -0.25) is 0 Å². The van der Waals surface area contributed by atoms with Crippen molar-refractivity contribution in [2.24, 2.45) is 5.92 Å². The molecule has 0 aromatic heterocycles. The van der Waals surface area contributed by atoms with E-state index in [2.05, 4.69) is 0 Å². The topological polar surface area (TPSA) is 26.3 Å². The number of ketones is 1. The van der Waals surface area contributed by atoms with Crippen molar-refractivity contribution in [2.45, 2.75) is 40.0 Å². The van der Waals surface area contributed by atoms with E-state index >= 15 is 0 Å². The molecule has 0 N–H and O–H groups in total. The summed E-state index contributed by atoms with van der Waals surface area (Å²) < 4.78 is 18.9. The number of Topliss-reactive ketones (excluding diaryl/α,β-unsaturated/α-hetero) is 1. The Morgan fingerprint density at radius 1 is 1.44 bits per heavy atom. The highest BCUT2D eigenvalue weighted by molar-refractivity contribution is 5.75. The molecule has 0 saturated carbocycles. The molecule has 1 aromatic rings. The minimum absolute atomic E-state index is 0.162. The highest BCUT2D eigenvalue weighted by Gasteiger charge is 2.11. The van der Waals surface area contributed by atoms with Crippen LogP contribution in [0.4, 0.5) is 4.39 Å². The SMILES string of the molecule is CCCOc1ccc(F)cc1CC(C)CC(C)=O. The van der Waals surface area contributed by atoms with Gasteiger partial charge in [-0.15, -0.1) is 0 Å². The molecule has 0 spiro atoms. The molecule has 0 heterocycles. The molecule has 0 fully saturated rings. The van der Waals surface area contributed by atoms with E-state index in [1.807, 2.05) is 13.8 Å². The molecule has 0 radical (unpaired) electrons. The molecule has 1 rings (SSSR count). The highest BCUT2D eigenvalue weighted by Crippen LogP contribution is 2.24. The predicted octanol–water partition coefficient (Wildman–Crippen LogP) is 3.77. The first-order valence-electron chi connectivity index (χ1n) is 6.43. The minimum Gasteiger partial charge on any atom is -0.493 e. The van der Waals surface area contributed by atoms with Gasteiger partial charge in [0.2, 0.25) is 0 Å². The van der Waals surface area contributed by atoms with Gasteiger partial charge in [0.25, 0.3) is 0 Å². The van der Waals surface area contributed by atoms with E-state index in [9.17, 15) is 9.18 Å². The molecule has 18 heavy (non-hydrogen) atoms. The van der Waals surface area contributed by atoms with Crippen molar-refractivity contribution in [1.29, 1.82) is 0 Å². The van der Waals surface area contributed by atoms with Crippen molar-refractivity contribution in [1.82, 2.24) is 0 Å². The highest BCUT2D eigenvalue weighted by atomic mass is 19.1. The van der Waals surface area contributed by atoms with Gasteiger partial charge >= 0.3 is 0 Å². The maximum Gasteiger partial charge on any atom is 0.130 e. The van der Waals surface area contributed by atoms with Gasteiger partial charge in [0, 0.05) is 6.42 Å². The summed E-state index contributed by atoms with van der Waals surface area (Å²) in [5.41, 5.74) is 0.845. The number of halogens is 1. The van der Waals surface area contributed by atoms with Crippen molar-refractivity contribution < 1.29 is 13.9 Å². The van der Waals surface area contributed by atoms with Crippen LogP contribution < -0.4 is 4.74 Å². The molecule has 0 aliphatic carbocycles. The summed E-state index contributed by atoms with van der Waals surface area (Å²) in [5, 5.41) is 0. The summed E-state index contributed by atoms with van der Waals surface area (Å²) in [5.74, 6) is 0.834. The fraction of sp³-hybridized carbons (Fsp3) is 0.533. The van der Waals surface area contributed by atoms with Crippen molar-refractivity contribution >= 4 is 5.78 Å². The second kappa shape index (κ2) is 7.14. The van der Waals surface area contributed by atoms with Crippen LogP contribution in [0.2, 0.25) is 0 Å². The number of hydrogen-bond acceptors (Lipinski definition) is 2. The molecule has 1 unspecified atom stereocenters. The molecule has 3 heteroatoms. The summed E-state index contributed by atoms with van der Waals surface area (Å²) in [7, 11) is 0. The molecule has 100 valence electrons. The summed E-state index contributed by atoms with van der Waals surface area (Å²) in [6.07, 6.45) is 2.10. The Morgan fingerprint density at radius 2 is 2.17 bits per heavy atom. The maximum atomic E-state index is 13.3. The monoisotopic (exact) mass is 252 g/mol. The third-order valence-corrected chi connectivity index (χ3v) is 2.69. The minimum atomic E-state index is -0.260. The van der Waals surface area contributed by atoms with Crippen LogP contribution in [-0.2, 0) is 11.2 Å². The smallest absolute Gasteiger partial charge is 0.130 e. The van der Waals surface area contributed by atoms with Crippen LogP contribution in [-0.4, -0.2) is 12.4 Å². The van der Waals surface area contributed by atoms with Crippen LogP contribution in [0.3, 0.4) is 0 Å². The number of hydrogen-bond donors (Lipinski definition) is 0. The molecule has 2 nitrogen and oxygen atoms in total. The molecule has 1 atom stereocenters. The normalized spacial score (nSPS) is 12.2. The van der Waals surface area contributed by atoms with Crippen molar-refractivity contribution in [3.8, 4) is 5.75 Å². The van der Waals surface area contributed by atoms with E-state index in [1.165, 1.54) is 12.1 Å². The fourth-order valence-electron chi connectivity index (χ4n) is 2.00. The molecular formula is C15H21FO2. The van der Waals surface area contributed by atoms with Crippen LogP contribution in [0.25, 0.3) is 0 Å². The average Bonchev–Trinajstić information content (AvgIpc) is 2.26. The number of carbonyl (C=O) groups is 1. The largest absolute Gasteiger partial charge is 0.493 e. The number of benzene rings is 1. The zero-order valence-electron chi connectivity index (χ0n) is 11.3. The Balaban J connectivity index is 2.77. The van der Waals surface area contributed by atoms with E-state index in [0.717, 1.165) is 17.7 Å². The molecule has 1 aromatic carbocycles.